The van der Waals surface area contributed by atoms with Gasteiger partial charge in [0.25, 0.3) is 5.79 Å². The first-order chi connectivity index (χ1) is 9.09. The van der Waals surface area contributed by atoms with Gasteiger partial charge in [-0.25, -0.2) is 0 Å². The molecular weight excluding hydrogens is 256 g/mol. The van der Waals surface area contributed by atoms with Crippen molar-refractivity contribution < 1.29 is 19.1 Å². The summed E-state index contributed by atoms with van der Waals surface area (Å²) in [5.41, 5.74) is 0.836. The molecule has 0 aromatic rings. The number of allylic oxidation sites excluding steroid dienone is 4. The van der Waals surface area contributed by atoms with Crippen LogP contribution in [0.1, 0.15) is 54.4 Å². The summed E-state index contributed by atoms with van der Waals surface area (Å²) in [7, 11) is 0. The van der Waals surface area contributed by atoms with E-state index in [1.54, 1.807) is 13.8 Å². The van der Waals surface area contributed by atoms with E-state index in [4.69, 9.17) is 9.47 Å². The lowest BCUT2D eigenvalue weighted by atomic mass is 9.79. The fourth-order valence-corrected chi connectivity index (χ4v) is 1.92. The maximum atomic E-state index is 12.4. The highest BCUT2D eigenvalue weighted by molar-refractivity contribution is 6.02. The first-order valence-corrected chi connectivity index (χ1v) is 6.83. The van der Waals surface area contributed by atoms with Crippen molar-refractivity contribution in [3.8, 4) is 0 Å². The first-order valence-electron chi connectivity index (χ1n) is 6.83. The molecule has 0 saturated carbocycles. The Balaban J connectivity index is 3.16. The van der Waals surface area contributed by atoms with E-state index < -0.39 is 23.1 Å². The van der Waals surface area contributed by atoms with Crippen molar-refractivity contribution in [2.75, 3.05) is 0 Å². The van der Waals surface area contributed by atoms with Crippen LogP contribution in [0.5, 0.6) is 0 Å². The minimum absolute atomic E-state index is 0.298. The maximum Gasteiger partial charge on any atom is 0.327 e. The molecule has 0 aromatic carbocycles. The number of rotatable bonds is 4. The molecule has 0 bridgehead atoms. The van der Waals surface area contributed by atoms with Gasteiger partial charge < -0.3 is 9.47 Å². The molecule has 4 nitrogen and oxygen atoms in total. The molecule has 112 valence electrons. The largest absolute Gasteiger partial charge is 0.422 e. The molecule has 20 heavy (non-hydrogen) atoms. The predicted octanol–water partition coefficient (Wildman–Crippen LogP) is 3.52. The monoisotopic (exact) mass is 280 g/mol. The van der Waals surface area contributed by atoms with Gasteiger partial charge >= 0.3 is 11.9 Å². The minimum Gasteiger partial charge on any atom is -0.422 e. The second kappa shape index (κ2) is 5.81. The zero-order chi connectivity index (χ0) is 15.6. The number of hydrogen-bond acceptors (Lipinski definition) is 4. The predicted molar refractivity (Wildman–Crippen MR) is 76.8 cm³/mol. The summed E-state index contributed by atoms with van der Waals surface area (Å²) >= 11 is 0. The maximum absolute atomic E-state index is 12.4. The van der Waals surface area contributed by atoms with Gasteiger partial charge in [-0.2, -0.15) is 0 Å². The van der Waals surface area contributed by atoms with Crippen LogP contribution in [0.25, 0.3) is 0 Å². The van der Waals surface area contributed by atoms with E-state index in [9.17, 15) is 9.59 Å². The van der Waals surface area contributed by atoms with Gasteiger partial charge in [-0.05, 0) is 40.5 Å². The van der Waals surface area contributed by atoms with Gasteiger partial charge in [0.2, 0.25) is 0 Å². The Labute approximate surface area is 120 Å². The number of carbonyl (C=O) groups is 2. The Kier molecular flexibility index (Phi) is 4.79. The topological polar surface area (TPSA) is 52.6 Å². The van der Waals surface area contributed by atoms with E-state index in [1.165, 1.54) is 0 Å². The molecule has 0 aliphatic carbocycles. The third kappa shape index (κ3) is 3.71. The lowest BCUT2D eigenvalue weighted by molar-refractivity contribution is -0.250. The molecule has 1 saturated heterocycles. The Morgan fingerprint density at radius 3 is 1.55 bits per heavy atom. The van der Waals surface area contributed by atoms with Gasteiger partial charge in [-0.1, -0.05) is 23.3 Å². The summed E-state index contributed by atoms with van der Waals surface area (Å²) in [5, 5.41) is 0. The number of esters is 2. The molecule has 1 aliphatic rings. The fourth-order valence-electron chi connectivity index (χ4n) is 1.92. The molecule has 1 aliphatic heterocycles. The number of carbonyl (C=O) groups excluding carboxylic acids is 2. The summed E-state index contributed by atoms with van der Waals surface area (Å²) in [6, 6.07) is 0. The lowest BCUT2D eigenvalue weighted by Gasteiger charge is -2.39. The average Bonchev–Trinajstić information content (AvgIpc) is 2.25. The minimum atomic E-state index is -1.26. The molecule has 0 atom stereocenters. The van der Waals surface area contributed by atoms with Crippen molar-refractivity contribution in [2.45, 2.75) is 60.2 Å². The highest BCUT2D eigenvalue weighted by Crippen LogP contribution is 2.39. The quantitative estimate of drug-likeness (QED) is 0.449. The summed E-state index contributed by atoms with van der Waals surface area (Å²) in [5.74, 6) is -2.20. The molecule has 0 aromatic heterocycles. The molecular formula is C16H24O4. The molecule has 0 radical (unpaired) electrons. The zero-order valence-electron chi connectivity index (χ0n) is 13.2. The van der Waals surface area contributed by atoms with Crippen molar-refractivity contribution in [2.24, 2.45) is 5.41 Å². The molecule has 0 unspecified atom stereocenters. The summed E-state index contributed by atoms with van der Waals surface area (Å²) in [6.07, 6.45) is 4.35. The summed E-state index contributed by atoms with van der Waals surface area (Å²) in [4.78, 5) is 24.8. The normalized spacial score (nSPS) is 19.7. The second-order valence-corrected chi connectivity index (χ2v) is 6.23. The lowest BCUT2D eigenvalue weighted by Crippen LogP contribution is -2.53. The van der Waals surface area contributed by atoms with Crippen LogP contribution in [-0.2, 0) is 19.1 Å². The van der Waals surface area contributed by atoms with Crippen LogP contribution in [0.4, 0.5) is 0 Å². The van der Waals surface area contributed by atoms with E-state index in [0.717, 1.165) is 11.1 Å². The van der Waals surface area contributed by atoms with Crippen LogP contribution in [-0.4, -0.2) is 17.7 Å². The average molecular weight is 280 g/mol. The molecule has 0 N–H and O–H groups in total. The SMILES string of the molecule is CC(C)=CCC1(CC=C(C)C)C(=O)OC(C)(C)OC1=O. The zero-order valence-corrected chi connectivity index (χ0v) is 13.2. The Bertz CT molecular complexity index is 419. The van der Waals surface area contributed by atoms with Gasteiger partial charge in [0.1, 0.15) is 0 Å². The third-order valence-electron chi connectivity index (χ3n) is 3.18. The third-order valence-corrected chi connectivity index (χ3v) is 3.18. The Morgan fingerprint density at radius 1 is 0.900 bits per heavy atom. The highest BCUT2D eigenvalue weighted by Gasteiger charge is 2.54. The molecule has 1 heterocycles. The number of ether oxygens (including phenoxy) is 2. The molecule has 1 rings (SSSR count). The second-order valence-electron chi connectivity index (χ2n) is 6.23. The van der Waals surface area contributed by atoms with Gasteiger partial charge in [-0.3, -0.25) is 9.59 Å². The molecule has 1 fully saturated rings. The van der Waals surface area contributed by atoms with Crippen molar-refractivity contribution in [1.82, 2.24) is 0 Å². The molecule has 0 spiro atoms. The van der Waals surface area contributed by atoms with E-state index >= 15 is 0 Å². The highest BCUT2D eigenvalue weighted by atomic mass is 16.7. The van der Waals surface area contributed by atoms with Gasteiger partial charge in [-0.15, -0.1) is 0 Å². The van der Waals surface area contributed by atoms with E-state index in [1.807, 2.05) is 39.8 Å². The van der Waals surface area contributed by atoms with Crippen molar-refractivity contribution in [3.63, 3.8) is 0 Å². The number of cyclic esters (lactones) is 2. The first kappa shape index (κ1) is 16.5. The van der Waals surface area contributed by atoms with Crippen LogP contribution in [0, 0.1) is 5.41 Å². The Morgan fingerprint density at radius 2 is 1.25 bits per heavy atom. The van der Waals surface area contributed by atoms with Crippen LogP contribution in [0.15, 0.2) is 23.3 Å². The standard InChI is InChI=1S/C16H24O4/c1-11(2)7-9-16(10-8-12(3)4)13(17)19-15(5,6)20-14(16)18/h7-8H,9-10H2,1-6H3. The Hall–Kier alpha value is -1.58. The summed E-state index contributed by atoms with van der Waals surface area (Å²) < 4.78 is 10.6. The van der Waals surface area contributed by atoms with Crippen molar-refractivity contribution >= 4 is 11.9 Å². The van der Waals surface area contributed by atoms with E-state index in [2.05, 4.69) is 0 Å². The van der Waals surface area contributed by atoms with Crippen molar-refractivity contribution in [1.29, 1.82) is 0 Å². The van der Waals surface area contributed by atoms with E-state index in [0.29, 0.717) is 12.8 Å². The van der Waals surface area contributed by atoms with Crippen LogP contribution < -0.4 is 0 Å². The fraction of sp³-hybridized carbons (Fsp3) is 0.625. The van der Waals surface area contributed by atoms with Crippen molar-refractivity contribution in [3.05, 3.63) is 23.3 Å². The molecule has 0 amide bonds. The molecule has 4 heteroatoms. The van der Waals surface area contributed by atoms with E-state index in [-0.39, 0.29) is 0 Å². The number of hydrogen-bond donors (Lipinski definition) is 0. The van der Waals surface area contributed by atoms with Gasteiger partial charge in [0, 0.05) is 13.8 Å². The van der Waals surface area contributed by atoms with Crippen LogP contribution in [0.3, 0.4) is 0 Å². The van der Waals surface area contributed by atoms with Crippen LogP contribution >= 0.6 is 0 Å². The summed E-state index contributed by atoms with van der Waals surface area (Å²) in [6.45, 7) is 10.8. The van der Waals surface area contributed by atoms with Gasteiger partial charge in [0.05, 0.1) is 0 Å². The van der Waals surface area contributed by atoms with Gasteiger partial charge in [0.15, 0.2) is 5.41 Å². The smallest absolute Gasteiger partial charge is 0.327 e. The van der Waals surface area contributed by atoms with Crippen LogP contribution in [0.2, 0.25) is 0 Å².